The molecule has 0 heterocycles. The minimum atomic E-state index is -3.41. The molecule has 1 aliphatic carbocycles. The highest BCUT2D eigenvalue weighted by Crippen LogP contribution is 2.36. The molecule has 0 aliphatic heterocycles. The van der Waals surface area contributed by atoms with Crippen molar-refractivity contribution in [2.75, 3.05) is 6.54 Å². The van der Waals surface area contributed by atoms with Crippen LogP contribution in [0.25, 0.3) is 0 Å². The largest absolute Gasteiger partial charge is 0.313 e. The second kappa shape index (κ2) is 6.46. The molecule has 21 heavy (non-hydrogen) atoms. The number of rotatable bonds is 8. The van der Waals surface area contributed by atoms with Gasteiger partial charge in [-0.1, -0.05) is 19.9 Å². The van der Waals surface area contributed by atoms with Gasteiger partial charge in [0.2, 0.25) is 10.0 Å². The molecule has 118 valence electrons. The van der Waals surface area contributed by atoms with Crippen LogP contribution in [0.15, 0.2) is 23.1 Å². The minimum absolute atomic E-state index is 0.233. The number of nitrogens with one attached hydrogen (secondary N) is 2. The zero-order valence-electron chi connectivity index (χ0n) is 13.2. The van der Waals surface area contributed by atoms with E-state index < -0.39 is 10.0 Å². The average Bonchev–Trinajstić information content (AvgIpc) is 3.15. The lowest BCUT2D eigenvalue weighted by Gasteiger charge is -2.15. The zero-order valence-corrected chi connectivity index (χ0v) is 14.0. The summed E-state index contributed by atoms with van der Waals surface area (Å²) in [4.78, 5) is 0.376. The van der Waals surface area contributed by atoms with Crippen molar-refractivity contribution in [3.05, 3.63) is 29.3 Å². The first-order chi connectivity index (χ1) is 9.90. The SMILES string of the molecule is CCCNCc1cc(S(=O)(=O)NC2(C)CC2)ccc1CC. The summed E-state index contributed by atoms with van der Waals surface area (Å²) < 4.78 is 27.7. The smallest absolute Gasteiger partial charge is 0.241 e. The fourth-order valence-corrected chi connectivity index (χ4v) is 3.87. The van der Waals surface area contributed by atoms with Gasteiger partial charge in [0.05, 0.1) is 4.90 Å². The van der Waals surface area contributed by atoms with Crippen LogP contribution in [0.5, 0.6) is 0 Å². The van der Waals surface area contributed by atoms with Gasteiger partial charge >= 0.3 is 0 Å². The van der Waals surface area contributed by atoms with Crippen molar-refractivity contribution in [1.29, 1.82) is 0 Å². The monoisotopic (exact) mass is 310 g/mol. The van der Waals surface area contributed by atoms with Crippen molar-refractivity contribution in [3.8, 4) is 0 Å². The highest BCUT2D eigenvalue weighted by molar-refractivity contribution is 7.89. The van der Waals surface area contributed by atoms with Gasteiger partial charge in [-0.2, -0.15) is 0 Å². The first kappa shape index (κ1) is 16.5. The van der Waals surface area contributed by atoms with E-state index in [2.05, 4.69) is 23.9 Å². The molecule has 2 rings (SSSR count). The maximum atomic E-state index is 12.4. The van der Waals surface area contributed by atoms with E-state index in [9.17, 15) is 8.42 Å². The molecule has 1 fully saturated rings. The lowest BCUT2D eigenvalue weighted by molar-refractivity contribution is 0.557. The van der Waals surface area contributed by atoms with Gasteiger partial charge in [0, 0.05) is 12.1 Å². The molecule has 0 amide bonds. The van der Waals surface area contributed by atoms with Gasteiger partial charge in [-0.25, -0.2) is 13.1 Å². The van der Waals surface area contributed by atoms with Crippen molar-refractivity contribution < 1.29 is 8.42 Å². The molecule has 1 aromatic carbocycles. The Labute approximate surface area is 128 Å². The average molecular weight is 310 g/mol. The Kier molecular flexibility index (Phi) is 5.07. The molecule has 0 aromatic heterocycles. The molecule has 4 nitrogen and oxygen atoms in total. The summed E-state index contributed by atoms with van der Waals surface area (Å²) in [6.07, 6.45) is 3.82. The number of hydrogen-bond donors (Lipinski definition) is 2. The van der Waals surface area contributed by atoms with Crippen LogP contribution in [0.1, 0.15) is 51.2 Å². The lowest BCUT2D eigenvalue weighted by Crippen LogP contribution is -2.34. The summed E-state index contributed by atoms with van der Waals surface area (Å²) in [6.45, 7) is 7.83. The van der Waals surface area contributed by atoms with E-state index in [0.717, 1.165) is 44.3 Å². The van der Waals surface area contributed by atoms with Crippen LogP contribution in [-0.4, -0.2) is 20.5 Å². The van der Waals surface area contributed by atoms with E-state index in [1.165, 1.54) is 5.56 Å². The molecule has 1 aromatic rings. The Bertz CT molecular complexity index is 592. The Balaban J connectivity index is 2.21. The highest BCUT2D eigenvalue weighted by Gasteiger charge is 2.41. The number of benzene rings is 1. The predicted molar refractivity (Wildman–Crippen MR) is 85.8 cm³/mol. The lowest BCUT2D eigenvalue weighted by atomic mass is 10.1. The fourth-order valence-electron chi connectivity index (χ4n) is 2.35. The first-order valence-corrected chi connectivity index (χ1v) is 9.25. The van der Waals surface area contributed by atoms with Crippen molar-refractivity contribution in [3.63, 3.8) is 0 Å². The maximum absolute atomic E-state index is 12.4. The van der Waals surface area contributed by atoms with E-state index in [0.29, 0.717) is 4.90 Å². The zero-order chi connectivity index (χ0) is 15.5. The van der Waals surface area contributed by atoms with Crippen LogP contribution in [0.3, 0.4) is 0 Å². The summed E-state index contributed by atoms with van der Waals surface area (Å²) >= 11 is 0. The van der Waals surface area contributed by atoms with Crippen LogP contribution in [0, 0.1) is 0 Å². The van der Waals surface area contributed by atoms with Gasteiger partial charge in [-0.15, -0.1) is 0 Å². The van der Waals surface area contributed by atoms with E-state index in [1.54, 1.807) is 6.07 Å². The molecular formula is C16H26N2O2S. The van der Waals surface area contributed by atoms with E-state index in [1.807, 2.05) is 19.1 Å². The van der Waals surface area contributed by atoms with Gasteiger partial charge in [-0.3, -0.25) is 0 Å². The summed E-state index contributed by atoms with van der Waals surface area (Å²) in [6, 6.07) is 5.47. The highest BCUT2D eigenvalue weighted by atomic mass is 32.2. The molecule has 0 bridgehead atoms. The molecule has 1 saturated carbocycles. The van der Waals surface area contributed by atoms with Crippen molar-refractivity contribution in [2.45, 2.75) is 63.4 Å². The van der Waals surface area contributed by atoms with Gasteiger partial charge in [-0.05, 0) is 62.4 Å². The normalized spacial score (nSPS) is 16.9. The second-order valence-electron chi connectivity index (χ2n) is 6.13. The Morgan fingerprint density at radius 1 is 1.19 bits per heavy atom. The van der Waals surface area contributed by atoms with Crippen LogP contribution in [-0.2, 0) is 23.0 Å². The van der Waals surface area contributed by atoms with Gasteiger partial charge in [0.15, 0.2) is 0 Å². The third-order valence-electron chi connectivity index (χ3n) is 3.99. The third-order valence-corrected chi connectivity index (χ3v) is 5.63. The molecule has 5 heteroatoms. The van der Waals surface area contributed by atoms with E-state index in [4.69, 9.17) is 0 Å². The Morgan fingerprint density at radius 3 is 2.48 bits per heavy atom. The van der Waals surface area contributed by atoms with Crippen LogP contribution >= 0.6 is 0 Å². The standard InChI is InChI=1S/C16H26N2O2S/c1-4-10-17-12-14-11-15(7-6-13(14)5-2)21(19,20)18-16(3)8-9-16/h6-7,11,17-18H,4-5,8-10,12H2,1-3H3. The second-order valence-corrected chi connectivity index (χ2v) is 7.81. The molecule has 2 N–H and O–H groups in total. The van der Waals surface area contributed by atoms with E-state index >= 15 is 0 Å². The molecule has 0 saturated heterocycles. The third kappa shape index (κ3) is 4.28. The Hall–Kier alpha value is -0.910. The van der Waals surface area contributed by atoms with Crippen LogP contribution in [0.2, 0.25) is 0 Å². The van der Waals surface area contributed by atoms with E-state index in [-0.39, 0.29) is 5.54 Å². The molecule has 1 aliphatic rings. The minimum Gasteiger partial charge on any atom is -0.313 e. The summed E-state index contributed by atoms with van der Waals surface area (Å²) in [5.74, 6) is 0. The molecule has 0 spiro atoms. The van der Waals surface area contributed by atoms with Crippen LogP contribution < -0.4 is 10.0 Å². The quantitative estimate of drug-likeness (QED) is 0.726. The number of sulfonamides is 1. The number of aryl methyl sites for hydroxylation is 1. The summed E-state index contributed by atoms with van der Waals surface area (Å²) in [7, 11) is -3.41. The first-order valence-electron chi connectivity index (χ1n) is 7.77. The van der Waals surface area contributed by atoms with Gasteiger partial charge < -0.3 is 5.32 Å². The maximum Gasteiger partial charge on any atom is 0.241 e. The van der Waals surface area contributed by atoms with Gasteiger partial charge in [0.1, 0.15) is 0 Å². The van der Waals surface area contributed by atoms with Gasteiger partial charge in [0.25, 0.3) is 0 Å². The molecule has 0 atom stereocenters. The van der Waals surface area contributed by atoms with Crippen molar-refractivity contribution >= 4 is 10.0 Å². The van der Waals surface area contributed by atoms with Crippen molar-refractivity contribution in [1.82, 2.24) is 10.0 Å². The molecular weight excluding hydrogens is 284 g/mol. The summed E-state index contributed by atoms with van der Waals surface area (Å²) in [5, 5.41) is 3.35. The predicted octanol–water partition coefficient (Wildman–Crippen LogP) is 2.58. The molecule has 0 unspecified atom stereocenters. The number of hydrogen-bond acceptors (Lipinski definition) is 3. The van der Waals surface area contributed by atoms with Crippen LogP contribution in [0.4, 0.5) is 0 Å². The molecule has 0 radical (unpaired) electrons. The topological polar surface area (TPSA) is 58.2 Å². The summed E-state index contributed by atoms with van der Waals surface area (Å²) in [5.41, 5.74) is 2.05. The fraction of sp³-hybridized carbons (Fsp3) is 0.625. The van der Waals surface area contributed by atoms with Crippen molar-refractivity contribution in [2.24, 2.45) is 0 Å². The Morgan fingerprint density at radius 2 is 1.90 bits per heavy atom.